The van der Waals surface area contributed by atoms with E-state index in [2.05, 4.69) is 15.6 Å². The van der Waals surface area contributed by atoms with Crippen molar-refractivity contribution in [2.24, 2.45) is 4.99 Å². The molecule has 0 saturated heterocycles. The first-order valence-corrected chi connectivity index (χ1v) is 9.55. The van der Waals surface area contributed by atoms with Crippen LogP contribution < -0.4 is 10.6 Å². The Morgan fingerprint density at radius 2 is 1.95 bits per heavy atom. The van der Waals surface area contributed by atoms with E-state index < -0.39 is 9.84 Å². The van der Waals surface area contributed by atoms with Crippen molar-refractivity contribution in [2.45, 2.75) is 50.1 Å². The lowest BCUT2D eigenvalue weighted by atomic mass is 10.3. The van der Waals surface area contributed by atoms with Gasteiger partial charge in [-0.3, -0.25) is 4.99 Å². The third kappa shape index (κ3) is 5.02. The van der Waals surface area contributed by atoms with Gasteiger partial charge < -0.3 is 10.6 Å². The van der Waals surface area contributed by atoms with Gasteiger partial charge in [0, 0.05) is 18.6 Å². The average Bonchev–Trinajstić information content (AvgIpc) is 3.31. The molecule has 0 radical (unpaired) electrons. The monoisotopic (exact) mass is 323 g/mol. The maximum absolute atomic E-state index is 12.5. The van der Waals surface area contributed by atoms with Gasteiger partial charge in [-0.15, -0.1) is 0 Å². The van der Waals surface area contributed by atoms with Crippen LogP contribution in [0.5, 0.6) is 0 Å². The van der Waals surface area contributed by atoms with Crippen molar-refractivity contribution >= 4 is 15.8 Å². The predicted octanol–water partition coefficient (Wildman–Crippen LogP) is 1.96. The summed E-state index contributed by atoms with van der Waals surface area (Å²) in [7, 11) is -3.29. The molecule has 1 aliphatic carbocycles. The molecule has 1 saturated carbocycles. The lowest BCUT2D eigenvalue weighted by Crippen LogP contribution is -2.46. The van der Waals surface area contributed by atoms with Crippen LogP contribution in [0.25, 0.3) is 0 Å². The van der Waals surface area contributed by atoms with E-state index in [1.807, 2.05) is 19.9 Å². The number of rotatable bonds is 7. The Hall–Kier alpha value is -1.56. The number of aliphatic imine (C=N–C) groups is 1. The van der Waals surface area contributed by atoms with Gasteiger partial charge in [0.1, 0.15) is 0 Å². The first-order chi connectivity index (χ1) is 10.5. The van der Waals surface area contributed by atoms with Gasteiger partial charge in [0.2, 0.25) is 0 Å². The number of nitrogens with zero attached hydrogens (tertiary/aromatic N) is 1. The van der Waals surface area contributed by atoms with Crippen molar-refractivity contribution in [3.05, 3.63) is 30.3 Å². The van der Waals surface area contributed by atoms with E-state index in [4.69, 9.17) is 0 Å². The molecule has 5 nitrogen and oxygen atoms in total. The number of hydrogen-bond acceptors (Lipinski definition) is 3. The minimum absolute atomic E-state index is 0.0720. The molecule has 0 spiro atoms. The van der Waals surface area contributed by atoms with Crippen LogP contribution in [-0.2, 0) is 9.84 Å². The van der Waals surface area contributed by atoms with Crippen LogP contribution in [0.15, 0.2) is 40.2 Å². The Morgan fingerprint density at radius 1 is 1.27 bits per heavy atom. The molecule has 1 unspecified atom stereocenters. The third-order valence-electron chi connectivity index (χ3n) is 3.59. The van der Waals surface area contributed by atoms with E-state index in [9.17, 15) is 8.42 Å². The molecule has 1 aromatic rings. The second-order valence-electron chi connectivity index (χ2n) is 5.59. The molecule has 0 aliphatic heterocycles. The smallest absolute Gasteiger partial charge is 0.191 e. The van der Waals surface area contributed by atoms with Gasteiger partial charge in [0.05, 0.1) is 10.6 Å². The molecule has 1 aliphatic rings. The molecule has 2 N–H and O–H groups in total. The SMILES string of the molecule is CCN=C(NC1CC1)NC(CC)CS(=O)(=O)c1ccccc1. The summed E-state index contributed by atoms with van der Waals surface area (Å²) >= 11 is 0. The Labute approximate surface area is 133 Å². The van der Waals surface area contributed by atoms with Crippen LogP contribution in [0.3, 0.4) is 0 Å². The highest BCUT2D eigenvalue weighted by Gasteiger charge is 2.25. The van der Waals surface area contributed by atoms with Crippen LogP contribution >= 0.6 is 0 Å². The summed E-state index contributed by atoms with van der Waals surface area (Å²) in [6, 6.07) is 8.94. The number of sulfone groups is 1. The van der Waals surface area contributed by atoms with E-state index >= 15 is 0 Å². The Balaban J connectivity index is 2.03. The Morgan fingerprint density at radius 3 is 2.50 bits per heavy atom. The molecule has 22 heavy (non-hydrogen) atoms. The van der Waals surface area contributed by atoms with E-state index in [1.54, 1.807) is 24.3 Å². The van der Waals surface area contributed by atoms with Gasteiger partial charge in [-0.25, -0.2) is 8.42 Å². The zero-order valence-electron chi connectivity index (χ0n) is 13.2. The summed E-state index contributed by atoms with van der Waals surface area (Å²) in [5.41, 5.74) is 0. The van der Waals surface area contributed by atoms with Crippen LogP contribution in [0.4, 0.5) is 0 Å². The van der Waals surface area contributed by atoms with Gasteiger partial charge in [-0.2, -0.15) is 0 Å². The highest BCUT2D eigenvalue weighted by atomic mass is 32.2. The Kier molecular flexibility index (Phi) is 5.83. The Bertz CT molecular complexity index is 595. The molecule has 6 heteroatoms. The summed E-state index contributed by atoms with van der Waals surface area (Å²) in [4.78, 5) is 4.77. The zero-order valence-corrected chi connectivity index (χ0v) is 14.1. The van der Waals surface area contributed by atoms with Crippen LogP contribution in [-0.4, -0.2) is 38.8 Å². The molecule has 0 bridgehead atoms. The summed E-state index contributed by atoms with van der Waals surface area (Å²) in [5, 5.41) is 6.59. The van der Waals surface area contributed by atoms with Crippen molar-refractivity contribution in [2.75, 3.05) is 12.3 Å². The second kappa shape index (κ2) is 7.63. The van der Waals surface area contributed by atoms with Crippen LogP contribution in [0.1, 0.15) is 33.1 Å². The fourth-order valence-electron chi connectivity index (χ4n) is 2.16. The van der Waals surface area contributed by atoms with Gasteiger partial charge in [0.25, 0.3) is 0 Å². The quantitative estimate of drug-likeness (QED) is 0.594. The van der Waals surface area contributed by atoms with Crippen LogP contribution in [0, 0.1) is 0 Å². The van der Waals surface area contributed by atoms with Crippen LogP contribution in [0.2, 0.25) is 0 Å². The van der Waals surface area contributed by atoms with Crippen molar-refractivity contribution in [1.82, 2.24) is 10.6 Å². The number of guanidine groups is 1. The lowest BCUT2D eigenvalue weighted by molar-refractivity contribution is 0.568. The van der Waals surface area contributed by atoms with Crippen molar-refractivity contribution in [3.63, 3.8) is 0 Å². The molecule has 1 aromatic carbocycles. The normalized spacial score (nSPS) is 17.1. The third-order valence-corrected chi connectivity index (χ3v) is 5.42. The molecular formula is C16H25N3O2S. The predicted molar refractivity (Wildman–Crippen MR) is 89.8 cm³/mol. The maximum atomic E-state index is 12.5. The molecule has 0 aromatic heterocycles. The molecule has 122 valence electrons. The fourth-order valence-corrected chi connectivity index (χ4v) is 3.77. The minimum Gasteiger partial charge on any atom is -0.354 e. The molecule has 0 heterocycles. The van der Waals surface area contributed by atoms with E-state index in [-0.39, 0.29) is 11.8 Å². The topological polar surface area (TPSA) is 70.6 Å². The summed E-state index contributed by atoms with van der Waals surface area (Å²) in [6.07, 6.45) is 3.04. The lowest BCUT2D eigenvalue weighted by Gasteiger charge is -2.20. The summed E-state index contributed by atoms with van der Waals surface area (Å²) in [6.45, 7) is 4.63. The molecule has 1 fully saturated rings. The molecule has 2 rings (SSSR count). The van der Waals surface area contributed by atoms with Crippen molar-refractivity contribution in [1.29, 1.82) is 0 Å². The summed E-state index contributed by atoms with van der Waals surface area (Å²) in [5.74, 6) is 0.794. The molecular weight excluding hydrogens is 298 g/mol. The molecule has 1 atom stereocenters. The highest BCUT2D eigenvalue weighted by molar-refractivity contribution is 7.91. The maximum Gasteiger partial charge on any atom is 0.191 e. The summed E-state index contributed by atoms with van der Waals surface area (Å²) < 4.78 is 25.0. The average molecular weight is 323 g/mol. The van der Waals surface area contributed by atoms with Gasteiger partial charge >= 0.3 is 0 Å². The minimum atomic E-state index is -3.29. The molecule has 0 amide bonds. The first kappa shape index (κ1) is 16.8. The first-order valence-electron chi connectivity index (χ1n) is 7.90. The number of hydrogen-bond donors (Lipinski definition) is 2. The zero-order chi connectivity index (χ0) is 16.0. The van der Waals surface area contributed by atoms with Gasteiger partial charge in [-0.1, -0.05) is 25.1 Å². The number of nitrogens with one attached hydrogen (secondary N) is 2. The second-order valence-corrected chi connectivity index (χ2v) is 7.62. The van der Waals surface area contributed by atoms with Gasteiger partial charge in [-0.05, 0) is 38.3 Å². The standard InChI is InChI=1S/C16H25N3O2S/c1-3-13(18-16(17-4-2)19-14-10-11-14)12-22(20,21)15-8-6-5-7-9-15/h5-9,13-14H,3-4,10-12H2,1-2H3,(H2,17,18,19). The van der Waals surface area contributed by atoms with Crippen molar-refractivity contribution < 1.29 is 8.42 Å². The highest BCUT2D eigenvalue weighted by Crippen LogP contribution is 2.18. The fraction of sp³-hybridized carbons (Fsp3) is 0.562. The van der Waals surface area contributed by atoms with E-state index in [0.29, 0.717) is 17.5 Å². The largest absolute Gasteiger partial charge is 0.354 e. The van der Waals surface area contributed by atoms with E-state index in [1.165, 1.54) is 0 Å². The van der Waals surface area contributed by atoms with Gasteiger partial charge in [0.15, 0.2) is 15.8 Å². The van der Waals surface area contributed by atoms with Crippen molar-refractivity contribution in [3.8, 4) is 0 Å². The number of benzene rings is 1. The van der Waals surface area contributed by atoms with E-state index in [0.717, 1.165) is 25.2 Å².